The Balaban J connectivity index is 1.65. The molecule has 0 saturated carbocycles. The first-order chi connectivity index (χ1) is 18.5. The number of piperidine rings is 1. The lowest BCUT2D eigenvalue weighted by molar-refractivity contribution is -0.114. The standard InChI is InChI=1S/C28H33N3O6S2/c1-21-11-14-24(15-12-21)38(33,34)31(25-10-6-5-9-22(25)2)20-28(32)29-23-13-16-26(37-3)27(19-23)39(35,36)30-17-7-4-8-18-30/h5-6,9-16,19H,4,7-8,17-18,20H2,1-3H3,(H,29,32). The summed E-state index contributed by atoms with van der Waals surface area (Å²) in [6.45, 7) is 3.96. The highest BCUT2D eigenvalue weighted by Gasteiger charge is 2.31. The molecule has 208 valence electrons. The van der Waals surface area contributed by atoms with Gasteiger partial charge in [-0.05, 0) is 68.7 Å². The van der Waals surface area contributed by atoms with Gasteiger partial charge in [-0.1, -0.05) is 42.3 Å². The summed E-state index contributed by atoms with van der Waals surface area (Å²) in [4.78, 5) is 13.3. The molecule has 9 nitrogen and oxygen atoms in total. The Bertz CT molecular complexity index is 1550. The van der Waals surface area contributed by atoms with Crippen molar-refractivity contribution in [2.75, 3.05) is 36.4 Å². The van der Waals surface area contributed by atoms with Gasteiger partial charge in [-0.15, -0.1) is 0 Å². The second-order valence-electron chi connectivity index (χ2n) is 9.49. The van der Waals surface area contributed by atoms with Crippen LogP contribution in [0.3, 0.4) is 0 Å². The highest BCUT2D eigenvalue weighted by molar-refractivity contribution is 7.92. The number of nitrogens with zero attached hydrogens (tertiary/aromatic N) is 2. The molecule has 39 heavy (non-hydrogen) atoms. The maximum absolute atomic E-state index is 13.7. The third kappa shape index (κ3) is 6.26. The molecule has 1 aliphatic rings. The molecule has 3 aromatic carbocycles. The lowest BCUT2D eigenvalue weighted by atomic mass is 10.2. The largest absolute Gasteiger partial charge is 0.495 e. The monoisotopic (exact) mass is 571 g/mol. The van der Waals surface area contributed by atoms with Gasteiger partial charge in [0.15, 0.2) is 0 Å². The Labute approximate surface area is 230 Å². The third-order valence-corrected chi connectivity index (χ3v) is 10.4. The normalized spacial score (nSPS) is 14.5. The van der Waals surface area contributed by atoms with E-state index in [1.165, 1.54) is 41.7 Å². The minimum Gasteiger partial charge on any atom is -0.495 e. The van der Waals surface area contributed by atoms with E-state index in [1.54, 1.807) is 43.3 Å². The summed E-state index contributed by atoms with van der Waals surface area (Å²) in [6.07, 6.45) is 2.53. The molecule has 11 heteroatoms. The minimum atomic E-state index is -4.09. The lowest BCUT2D eigenvalue weighted by Gasteiger charge is -2.27. The number of para-hydroxylation sites is 1. The van der Waals surface area contributed by atoms with Crippen LogP contribution in [0.15, 0.2) is 76.5 Å². The summed E-state index contributed by atoms with van der Waals surface area (Å²) in [5, 5.41) is 2.68. The number of rotatable bonds is 9. The SMILES string of the molecule is COc1ccc(NC(=O)CN(c2ccccc2C)S(=O)(=O)c2ccc(C)cc2)cc1S(=O)(=O)N1CCCCC1. The Morgan fingerprint density at radius 3 is 2.23 bits per heavy atom. The number of ether oxygens (including phenoxy) is 1. The molecule has 0 aromatic heterocycles. The van der Waals surface area contributed by atoms with E-state index in [9.17, 15) is 21.6 Å². The van der Waals surface area contributed by atoms with E-state index in [0.717, 1.165) is 29.1 Å². The number of aryl methyl sites for hydroxylation is 2. The fourth-order valence-corrected chi connectivity index (χ4v) is 7.70. The molecule has 1 amide bonds. The van der Waals surface area contributed by atoms with E-state index in [2.05, 4.69) is 5.32 Å². The van der Waals surface area contributed by atoms with Crippen LogP contribution in [-0.4, -0.2) is 53.8 Å². The predicted octanol–water partition coefficient (Wildman–Crippen LogP) is 4.32. The number of carbonyl (C=O) groups excluding carboxylic acids is 1. The molecule has 1 saturated heterocycles. The Morgan fingerprint density at radius 2 is 1.59 bits per heavy atom. The molecule has 1 heterocycles. The first-order valence-electron chi connectivity index (χ1n) is 12.7. The topological polar surface area (TPSA) is 113 Å². The van der Waals surface area contributed by atoms with Crippen LogP contribution in [0.4, 0.5) is 11.4 Å². The van der Waals surface area contributed by atoms with E-state index in [-0.39, 0.29) is 21.2 Å². The molecule has 1 N–H and O–H groups in total. The molecule has 0 aliphatic carbocycles. The van der Waals surface area contributed by atoms with Crippen molar-refractivity contribution in [2.24, 2.45) is 0 Å². The molecule has 0 spiro atoms. The van der Waals surface area contributed by atoms with Crippen LogP contribution in [0.25, 0.3) is 0 Å². The molecular formula is C28H33N3O6S2. The molecule has 1 fully saturated rings. The van der Waals surface area contributed by atoms with Gasteiger partial charge in [-0.2, -0.15) is 4.31 Å². The lowest BCUT2D eigenvalue weighted by Crippen LogP contribution is -2.38. The van der Waals surface area contributed by atoms with Crippen LogP contribution in [-0.2, 0) is 24.8 Å². The maximum Gasteiger partial charge on any atom is 0.264 e. The Morgan fingerprint density at radius 1 is 0.923 bits per heavy atom. The molecule has 0 radical (unpaired) electrons. The van der Waals surface area contributed by atoms with Crippen molar-refractivity contribution in [1.82, 2.24) is 4.31 Å². The summed E-state index contributed by atoms with van der Waals surface area (Å²) in [6, 6.07) is 17.7. The van der Waals surface area contributed by atoms with E-state index in [4.69, 9.17) is 4.74 Å². The predicted molar refractivity (Wildman–Crippen MR) is 151 cm³/mol. The van der Waals surface area contributed by atoms with Gasteiger partial charge in [0, 0.05) is 18.8 Å². The summed E-state index contributed by atoms with van der Waals surface area (Å²) >= 11 is 0. The fourth-order valence-electron chi connectivity index (χ4n) is 4.51. The number of anilines is 2. The van der Waals surface area contributed by atoms with E-state index >= 15 is 0 Å². The van der Waals surface area contributed by atoms with Gasteiger partial charge in [0.1, 0.15) is 17.2 Å². The van der Waals surface area contributed by atoms with E-state index in [0.29, 0.717) is 24.3 Å². The van der Waals surface area contributed by atoms with Crippen LogP contribution in [0.2, 0.25) is 0 Å². The number of nitrogens with one attached hydrogen (secondary N) is 1. The highest BCUT2D eigenvalue weighted by Crippen LogP contribution is 2.32. The first kappa shape index (κ1) is 28.6. The second kappa shape index (κ2) is 11.8. The van der Waals surface area contributed by atoms with Crippen LogP contribution >= 0.6 is 0 Å². The molecule has 3 aromatic rings. The number of carbonyl (C=O) groups is 1. The molecule has 1 aliphatic heterocycles. The average Bonchev–Trinajstić information content (AvgIpc) is 2.93. The van der Waals surface area contributed by atoms with Crippen LogP contribution in [0.1, 0.15) is 30.4 Å². The van der Waals surface area contributed by atoms with E-state index < -0.39 is 32.5 Å². The van der Waals surface area contributed by atoms with Crippen molar-refractivity contribution in [3.05, 3.63) is 77.9 Å². The van der Waals surface area contributed by atoms with Gasteiger partial charge in [0.2, 0.25) is 15.9 Å². The van der Waals surface area contributed by atoms with Crippen molar-refractivity contribution in [2.45, 2.75) is 42.9 Å². The van der Waals surface area contributed by atoms with Crippen LogP contribution in [0.5, 0.6) is 5.75 Å². The number of methoxy groups -OCH3 is 1. The zero-order chi connectivity index (χ0) is 28.2. The third-order valence-electron chi connectivity index (χ3n) is 6.66. The van der Waals surface area contributed by atoms with Gasteiger partial charge in [-0.25, -0.2) is 16.8 Å². The average molecular weight is 572 g/mol. The molecule has 0 unspecified atom stereocenters. The zero-order valence-electron chi connectivity index (χ0n) is 22.3. The number of hydrogen-bond donors (Lipinski definition) is 1. The number of sulfonamides is 2. The van der Waals surface area contributed by atoms with Gasteiger partial charge in [0.05, 0.1) is 17.7 Å². The minimum absolute atomic E-state index is 0.0484. The van der Waals surface area contributed by atoms with Crippen LogP contribution in [0, 0.1) is 13.8 Å². The van der Waals surface area contributed by atoms with Gasteiger partial charge >= 0.3 is 0 Å². The summed E-state index contributed by atoms with van der Waals surface area (Å²) in [5.41, 5.74) is 2.18. The maximum atomic E-state index is 13.7. The Kier molecular flexibility index (Phi) is 8.63. The van der Waals surface area contributed by atoms with Crippen molar-refractivity contribution < 1.29 is 26.4 Å². The summed E-state index contributed by atoms with van der Waals surface area (Å²) in [5.74, 6) is -0.456. The van der Waals surface area contributed by atoms with E-state index in [1.807, 2.05) is 6.92 Å². The zero-order valence-corrected chi connectivity index (χ0v) is 23.9. The molecule has 0 bridgehead atoms. The number of amides is 1. The molecule has 0 atom stereocenters. The van der Waals surface area contributed by atoms with Crippen molar-refractivity contribution in [1.29, 1.82) is 0 Å². The quantitative estimate of drug-likeness (QED) is 0.409. The number of hydrogen-bond acceptors (Lipinski definition) is 6. The van der Waals surface area contributed by atoms with Crippen molar-refractivity contribution in [3.63, 3.8) is 0 Å². The smallest absolute Gasteiger partial charge is 0.264 e. The first-order valence-corrected chi connectivity index (χ1v) is 15.5. The van der Waals surface area contributed by atoms with Gasteiger partial charge in [-0.3, -0.25) is 9.10 Å². The molecular weight excluding hydrogens is 538 g/mol. The van der Waals surface area contributed by atoms with Crippen molar-refractivity contribution >= 4 is 37.3 Å². The van der Waals surface area contributed by atoms with Crippen LogP contribution < -0.4 is 14.4 Å². The number of benzene rings is 3. The highest BCUT2D eigenvalue weighted by atomic mass is 32.2. The van der Waals surface area contributed by atoms with Crippen molar-refractivity contribution in [3.8, 4) is 5.75 Å². The Hall–Kier alpha value is -3.41. The molecule has 4 rings (SSSR count). The summed E-state index contributed by atoms with van der Waals surface area (Å²) in [7, 11) is -6.55. The van der Waals surface area contributed by atoms with Gasteiger partial charge < -0.3 is 10.1 Å². The summed E-state index contributed by atoms with van der Waals surface area (Å²) < 4.78 is 61.9. The fraction of sp³-hybridized carbons (Fsp3) is 0.321. The second-order valence-corrected chi connectivity index (χ2v) is 13.3. The van der Waals surface area contributed by atoms with Gasteiger partial charge in [0.25, 0.3) is 10.0 Å².